The summed E-state index contributed by atoms with van der Waals surface area (Å²) in [6, 6.07) is 5.40. The van der Waals surface area contributed by atoms with Gasteiger partial charge in [0.25, 0.3) is 5.91 Å². The quantitative estimate of drug-likeness (QED) is 0.758. The van der Waals surface area contributed by atoms with Crippen molar-refractivity contribution in [2.75, 3.05) is 6.54 Å². The Morgan fingerprint density at radius 3 is 3.05 bits per heavy atom. The normalized spacial score (nSPS) is 12.2. The van der Waals surface area contributed by atoms with Crippen LogP contribution in [-0.2, 0) is 0 Å². The molecule has 0 radical (unpaired) electrons. The van der Waals surface area contributed by atoms with E-state index >= 15 is 0 Å². The molecule has 3 heterocycles. The monoisotopic (exact) mass is 320 g/mol. The number of rotatable bonds is 5. The molecule has 0 saturated heterocycles. The number of thiophene rings is 1. The predicted molar refractivity (Wildman–Crippen MR) is 81.4 cm³/mol. The number of nitrogens with one attached hydrogen (secondary N) is 1. The molecule has 0 saturated carbocycles. The third-order valence-corrected chi connectivity index (χ3v) is 4.41. The highest BCUT2D eigenvalue weighted by atomic mass is 32.1. The number of amides is 1. The van der Waals surface area contributed by atoms with Crippen LogP contribution < -0.4 is 5.32 Å². The molecular formula is C14H12N2O3S2. The van der Waals surface area contributed by atoms with Crippen LogP contribution >= 0.6 is 22.7 Å². The molecule has 3 rings (SSSR count). The van der Waals surface area contributed by atoms with Crippen molar-refractivity contribution in [3.8, 4) is 10.8 Å². The van der Waals surface area contributed by atoms with Crippen LogP contribution in [-0.4, -0.2) is 22.5 Å². The van der Waals surface area contributed by atoms with E-state index in [0.717, 1.165) is 5.56 Å². The van der Waals surface area contributed by atoms with E-state index in [1.807, 2.05) is 16.8 Å². The summed E-state index contributed by atoms with van der Waals surface area (Å²) in [6.45, 7) is 0.156. The van der Waals surface area contributed by atoms with Crippen molar-refractivity contribution >= 4 is 28.6 Å². The summed E-state index contributed by atoms with van der Waals surface area (Å²) < 4.78 is 5.24. The molecule has 3 aromatic heterocycles. The van der Waals surface area contributed by atoms with Crippen LogP contribution in [0.1, 0.15) is 22.2 Å². The maximum Gasteiger partial charge on any atom is 0.270 e. The van der Waals surface area contributed by atoms with Gasteiger partial charge < -0.3 is 14.8 Å². The zero-order valence-corrected chi connectivity index (χ0v) is 12.5. The number of thiazole rings is 1. The second-order valence-electron chi connectivity index (χ2n) is 4.30. The number of hydrogen-bond acceptors (Lipinski definition) is 6. The minimum absolute atomic E-state index is 0.156. The fourth-order valence-corrected chi connectivity index (χ4v) is 3.23. The molecule has 0 spiro atoms. The predicted octanol–water partition coefficient (Wildman–Crippen LogP) is 2.93. The van der Waals surface area contributed by atoms with Crippen LogP contribution in [0.25, 0.3) is 10.8 Å². The molecule has 108 valence electrons. The van der Waals surface area contributed by atoms with Gasteiger partial charge in [0.05, 0.1) is 12.4 Å². The highest BCUT2D eigenvalue weighted by Gasteiger charge is 2.15. The van der Waals surface area contributed by atoms with Crippen molar-refractivity contribution in [3.63, 3.8) is 0 Å². The molecule has 7 heteroatoms. The number of hydrogen-bond donors (Lipinski definition) is 2. The Bertz CT molecular complexity index is 705. The van der Waals surface area contributed by atoms with Crippen molar-refractivity contribution in [3.05, 3.63) is 51.9 Å². The number of aliphatic hydroxyl groups is 1. The lowest BCUT2D eigenvalue weighted by atomic mass is 10.2. The molecule has 0 aliphatic rings. The SMILES string of the molecule is O=C(NCC(O)c1ccsc1)c1csc(-c2ccco2)n1. The summed E-state index contributed by atoms with van der Waals surface area (Å²) in [4.78, 5) is 16.2. The summed E-state index contributed by atoms with van der Waals surface area (Å²) in [5.41, 5.74) is 1.12. The third-order valence-electron chi connectivity index (χ3n) is 2.85. The Morgan fingerprint density at radius 1 is 1.43 bits per heavy atom. The Morgan fingerprint density at radius 2 is 2.33 bits per heavy atom. The van der Waals surface area contributed by atoms with Gasteiger partial charge in [-0.2, -0.15) is 11.3 Å². The van der Waals surface area contributed by atoms with E-state index in [-0.39, 0.29) is 12.5 Å². The zero-order valence-electron chi connectivity index (χ0n) is 10.9. The molecule has 21 heavy (non-hydrogen) atoms. The first-order chi connectivity index (χ1) is 10.2. The summed E-state index contributed by atoms with van der Waals surface area (Å²) in [5.74, 6) is 0.329. The third kappa shape index (κ3) is 3.21. The first-order valence-electron chi connectivity index (χ1n) is 6.22. The van der Waals surface area contributed by atoms with Crippen LogP contribution in [0.2, 0.25) is 0 Å². The van der Waals surface area contributed by atoms with Gasteiger partial charge in [-0.25, -0.2) is 4.98 Å². The summed E-state index contributed by atoms with van der Waals surface area (Å²) in [6.07, 6.45) is 0.858. The topological polar surface area (TPSA) is 75.4 Å². The molecule has 3 aromatic rings. The van der Waals surface area contributed by atoms with E-state index in [4.69, 9.17) is 4.42 Å². The van der Waals surface area contributed by atoms with E-state index in [2.05, 4.69) is 10.3 Å². The molecule has 1 unspecified atom stereocenters. The van der Waals surface area contributed by atoms with Gasteiger partial charge in [0.1, 0.15) is 5.69 Å². The molecule has 0 fully saturated rings. The number of carbonyl (C=O) groups is 1. The maximum absolute atomic E-state index is 12.0. The average molecular weight is 320 g/mol. The number of furan rings is 1. The maximum atomic E-state index is 12.0. The first kappa shape index (κ1) is 14.0. The lowest BCUT2D eigenvalue weighted by molar-refractivity contribution is 0.0912. The number of carbonyl (C=O) groups excluding carboxylic acids is 1. The zero-order chi connectivity index (χ0) is 14.7. The first-order valence-corrected chi connectivity index (χ1v) is 8.04. The number of nitrogens with zero attached hydrogens (tertiary/aromatic N) is 1. The van der Waals surface area contributed by atoms with Crippen LogP contribution in [0.15, 0.2) is 45.0 Å². The number of aromatic nitrogens is 1. The summed E-state index contributed by atoms with van der Waals surface area (Å²) >= 11 is 2.85. The largest absolute Gasteiger partial charge is 0.462 e. The standard InChI is InChI=1S/C14H12N2O3S2/c17-11(9-3-5-20-7-9)6-15-13(18)10-8-21-14(16-10)12-2-1-4-19-12/h1-5,7-8,11,17H,6H2,(H,15,18). The molecule has 0 aliphatic carbocycles. The lowest BCUT2D eigenvalue weighted by Crippen LogP contribution is -2.28. The highest BCUT2D eigenvalue weighted by molar-refractivity contribution is 7.13. The van der Waals surface area contributed by atoms with Crippen molar-refractivity contribution in [1.29, 1.82) is 0 Å². The molecule has 5 nitrogen and oxygen atoms in total. The van der Waals surface area contributed by atoms with Gasteiger partial charge in [0, 0.05) is 11.9 Å². The van der Waals surface area contributed by atoms with E-state index in [1.165, 1.54) is 22.7 Å². The Kier molecular flexibility index (Phi) is 4.14. The van der Waals surface area contributed by atoms with E-state index in [0.29, 0.717) is 16.5 Å². The van der Waals surface area contributed by atoms with Gasteiger partial charge in [-0.05, 0) is 34.5 Å². The van der Waals surface area contributed by atoms with Crippen LogP contribution in [0.5, 0.6) is 0 Å². The molecule has 1 atom stereocenters. The summed E-state index contributed by atoms with van der Waals surface area (Å²) in [7, 11) is 0. The van der Waals surface area contributed by atoms with Gasteiger partial charge in [-0.1, -0.05) is 0 Å². The second-order valence-corrected chi connectivity index (χ2v) is 5.94. The van der Waals surface area contributed by atoms with Gasteiger partial charge in [-0.3, -0.25) is 4.79 Å². The fraction of sp³-hybridized carbons (Fsp3) is 0.143. The lowest BCUT2D eigenvalue weighted by Gasteiger charge is -2.09. The Labute approximate surface area is 128 Å². The van der Waals surface area contributed by atoms with Crippen LogP contribution in [0.3, 0.4) is 0 Å². The Hall–Kier alpha value is -1.96. The molecule has 0 aliphatic heterocycles. The van der Waals surface area contributed by atoms with Crippen LogP contribution in [0, 0.1) is 0 Å². The highest BCUT2D eigenvalue weighted by Crippen LogP contribution is 2.24. The minimum Gasteiger partial charge on any atom is -0.462 e. The molecule has 1 amide bonds. The van der Waals surface area contributed by atoms with E-state index in [1.54, 1.807) is 23.8 Å². The van der Waals surface area contributed by atoms with Gasteiger partial charge >= 0.3 is 0 Å². The van der Waals surface area contributed by atoms with Gasteiger partial charge in [0.15, 0.2) is 10.8 Å². The van der Waals surface area contributed by atoms with E-state index in [9.17, 15) is 9.90 Å². The smallest absolute Gasteiger partial charge is 0.270 e. The minimum atomic E-state index is -0.705. The molecular weight excluding hydrogens is 308 g/mol. The molecule has 2 N–H and O–H groups in total. The van der Waals surface area contributed by atoms with Gasteiger partial charge in [0.2, 0.25) is 0 Å². The number of aliphatic hydroxyl groups excluding tert-OH is 1. The van der Waals surface area contributed by atoms with Gasteiger partial charge in [-0.15, -0.1) is 11.3 Å². The van der Waals surface area contributed by atoms with E-state index < -0.39 is 6.10 Å². The van der Waals surface area contributed by atoms with Crippen molar-refractivity contribution in [2.45, 2.75) is 6.10 Å². The van der Waals surface area contributed by atoms with Crippen molar-refractivity contribution in [1.82, 2.24) is 10.3 Å². The second kappa shape index (κ2) is 6.21. The Balaban J connectivity index is 1.61. The summed E-state index contributed by atoms with van der Waals surface area (Å²) in [5, 5.41) is 18.7. The fourth-order valence-electron chi connectivity index (χ4n) is 1.75. The average Bonchev–Trinajstić information content (AvgIpc) is 3.25. The molecule has 0 bridgehead atoms. The van der Waals surface area contributed by atoms with Crippen molar-refractivity contribution < 1.29 is 14.3 Å². The molecule has 0 aromatic carbocycles. The van der Waals surface area contributed by atoms with Crippen molar-refractivity contribution in [2.24, 2.45) is 0 Å². The van der Waals surface area contributed by atoms with Crippen LogP contribution in [0.4, 0.5) is 0 Å².